The van der Waals surface area contributed by atoms with E-state index in [9.17, 15) is 4.79 Å². The van der Waals surface area contributed by atoms with Gasteiger partial charge in [-0.05, 0) is 50.2 Å². The van der Waals surface area contributed by atoms with Crippen LogP contribution in [-0.4, -0.2) is 29.1 Å². The van der Waals surface area contributed by atoms with Gasteiger partial charge in [-0.15, -0.1) is 0 Å². The van der Waals surface area contributed by atoms with Gasteiger partial charge in [0.25, 0.3) is 0 Å². The molecule has 114 valence electrons. The summed E-state index contributed by atoms with van der Waals surface area (Å²) in [5.74, 6) is -0.314. The first-order valence-electron chi connectivity index (χ1n) is 8.15. The Morgan fingerprint density at radius 1 is 1.18 bits per heavy atom. The van der Waals surface area contributed by atoms with E-state index < -0.39 is 5.97 Å². The molecule has 22 heavy (non-hydrogen) atoms. The lowest BCUT2D eigenvalue weighted by molar-refractivity contribution is 0.0696. The van der Waals surface area contributed by atoms with Crippen molar-refractivity contribution in [3.63, 3.8) is 0 Å². The molecule has 2 heterocycles. The maximum absolute atomic E-state index is 11.1. The van der Waals surface area contributed by atoms with E-state index in [1.807, 2.05) is 6.07 Å². The van der Waals surface area contributed by atoms with Gasteiger partial charge in [-0.25, -0.2) is 4.79 Å². The minimum absolute atomic E-state index is 0.264. The fourth-order valence-corrected chi connectivity index (χ4v) is 3.52. The second-order valence-corrected chi connectivity index (χ2v) is 6.42. The molecule has 0 amide bonds. The van der Waals surface area contributed by atoms with E-state index in [2.05, 4.69) is 16.0 Å². The Morgan fingerprint density at radius 2 is 1.95 bits per heavy atom. The summed E-state index contributed by atoms with van der Waals surface area (Å²) < 4.78 is 0. The predicted molar refractivity (Wildman–Crippen MR) is 86.7 cm³/mol. The third kappa shape index (κ3) is 2.32. The maximum Gasteiger partial charge on any atom is 0.337 e. The highest BCUT2D eigenvalue weighted by molar-refractivity contribution is 5.95. The number of carboxylic acid groups (broad SMARTS) is 1. The number of rotatable bonds is 3. The van der Waals surface area contributed by atoms with Gasteiger partial charge in [0.05, 0.1) is 11.1 Å². The molecule has 1 saturated carbocycles. The first-order chi connectivity index (χ1) is 10.7. The Labute approximate surface area is 129 Å². The summed E-state index contributed by atoms with van der Waals surface area (Å²) in [6.07, 6.45) is 7.78. The lowest BCUT2D eigenvalue weighted by atomic mass is 10.00. The van der Waals surface area contributed by atoms with Crippen molar-refractivity contribution in [2.45, 2.75) is 38.0 Å². The fourth-order valence-electron chi connectivity index (χ4n) is 3.52. The molecule has 2 aliphatic rings. The van der Waals surface area contributed by atoms with Crippen LogP contribution in [0.4, 0.5) is 5.69 Å². The number of aromatic carboxylic acids is 1. The molecule has 0 spiro atoms. The van der Waals surface area contributed by atoms with Gasteiger partial charge in [0.1, 0.15) is 0 Å². The minimum Gasteiger partial charge on any atom is -0.478 e. The maximum atomic E-state index is 11.1. The van der Waals surface area contributed by atoms with E-state index in [0.29, 0.717) is 5.92 Å². The molecule has 0 unspecified atom stereocenters. The number of hydrogen-bond donors (Lipinski definition) is 1. The molecule has 1 aliphatic heterocycles. The van der Waals surface area contributed by atoms with Gasteiger partial charge in [-0.3, -0.25) is 4.98 Å². The first kappa shape index (κ1) is 13.6. The van der Waals surface area contributed by atoms with Crippen LogP contribution in [0.3, 0.4) is 0 Å². The Kier molecular flexibility index (Phi) is 3.25. The number of nitrogens with zero attached hydrogens (tertiary/aromatic N) is 2. The highest BCUT2D eigenvalue weighted by Gasteiger charge is 2.30. The molecule has 0 radical (unpaired) electrons. The van der Waals surface area contributed by atoms with Gasteiger partial charge in [-0.1, -0.05) is 6.07 Å². The van der Waals surface area contributed by atoms with E-state index >= 15 is 0 Å². The van der Waals surface area contributed by atoms with Crippen LogP contribution in [0.5, 0.6) is 0 Å². The molecule has 1 aromatic carbocycles. The summed E-state index contributed by atoms with van der Waals surface area (Å²) in [5, 5.41) is 10.1. The van der Waals surface area contributed by atoms with Crippen molar-refractivity contribution in [3.05, 3.63) is 35.5 Å². The molecule has 1 saturated heterocycles. The zero-order valence-electron chi connectivity index (χ0n) is 12.6. The van der Waals surface area contributed by atoms with Crippen molar-refractivity contribution in [1.82, 2.24) is 4.98 Å². The molecule has 0 bridgehead atoms. The van der Waals surface area contributed by atoms with Crippen molar-refractivity contribution < 1.29 is 9.90 Å². The molecule has 4 rings (SSSR count). The Morgan fingerprint density at radius 3 is 2.64 bits per heavy atom. The van der Waals surface area contributed by atoms with Crippen molar-refractivity contribution in [3.8, 4) is 0 Å². The van der Waals surface area contributed by atoms with Crippen molar-refractivity contribution >= 4 is 22.6 Å². The fraction of sp³-hybridized carbons (Fsp3) is 0.444. The number of pyridine rings is 1. The molecule has 2 fully saturated rings. The lowest BCUT2D eigenvalue weighted by Crippen LogP contribution is -2.30. The standard InChI is InChI=1S/C18H20N2O2/c21-18(22)14-10-13-6-7-15(20-8-2-1-3-9-20)16(12-4-5-12)17(13)19-11-14/h6-7,10-12H,1-5,8-9H2,(H,21,22). The number of piperidine rings is 1. The molecule has 4 heteroatoms. The summed E-state index contributed by atoms with van der Waals surface area (Å²) in [5.41, 5.74) is 3.93. The topological polar surface area (TPSA) is 53.4 Å². The number of carbonyl (C=O) groups is 1. The van der Waals surface area contributed by atoms with Crippen LogP contribution in [-0.2, 0) is 0 Å². The SMILES string of the molecule is O=C(O)c1cnc2c(C3CC3)c(N3CCCCC3)ccc2c1. The highest BCUT2D eigenvalue weighted by Crippen LogP contribution is 2.47. The number of anilines is 1. The summed E-state index contributed by atoms with van der Waals surface area (Å²) in [6.45, 7) is 2.25. The van der Waals surface area contributed by atoms with E-state index in [1.165, 1.54) is 49.6 Å². The molecule has 1 aromatic heterocycles. The largest absolute Gasteiger partial charge is 0.478 e. The van der Waals surface area contributed by atoms with Gasteiger partial charge >= 0.3 is 5.97 Å². The summed E-state index contributed by atoms with van der Waals surface area (Å²) >= 11 is 0. The van der Waals surface area contributed by atoms with Gasteiger partial charge in [0, 0.05) is 35.9 Å². The van der Waals surface area contributed by atoms with Gasteiger partial charge in [-0.2, -0.15) is 0 Å². The van der Waals surface area contributed by atoms with E-state index in [0.717, 1.165) is 24.0 Å². The van der Waals surface area contributed by atoms with Crippen molar-refractivity contribution in [1.29, 1.82) is 0 Å². The van der Waals surface area contributed by atoms with Crippen molar-refractivity contribution in [2.24, 2.45) is 0 Å². The van der Waals surface area contributed by atoms with Gasteiger partial charge in [0.2, 0.25) is 0 Å². The summed E-state index contributed by atoms with van der Waals surface area (Å²) in [4.78, 5) is 18.1. The van der Waals surface area contributed by atoms with Crippen LogP contribution in [0, 0.1) is 0 Å². The van der Waals surface area contributed by atoms with E-state index in [-0.39, 0.29) is 5.56 Å². The molecular formula is C18H20N2O2. The summed E-state index contributed by atoms with van der Waals surface area (Å²) in [6, 6.07) is 5.95. The zero-order valence-corrected chi connectivity index (χ0v) is 12.6. The molecule has 0 atom stereocenters. The van der Waals surface area contributed by atoms with Gasteiger partial charge in [0.15, 0.2) is 0 Å². The molecule has 1 aliphatic carbocycles. The van der Waals surface area contributed by atoms with Crippen LogP contribution in [0.15, 0.2) is 24.4 Å². The first-order valence-corrected chi connectivity index (χ1v) is 8.15. The number of hydrogen-bond acceptors (Lipinski definition) is 3. The zero-order chi connectivity index (χ0) is 15.1. The molecule has 1 N–H and O–H groups in total. The monoisotopic (exact) mass is 296 g/mol. The summed E-state index contributed by atoms with van der Waals surface area (Å²) in [7, 11) is 0. The normalized spacial score (nSPS) is 18.6. The Balaban J connectivity index is 1.85. The predicted octanol–water partition coefficient (Wildman–Crippen LogP) is 3.80. The molecular weight excluding hydrogens is 276 g/mol. The van der Waals surface area contributed by atoms with Crippen LogP contribution < -0.4 is 4.90 Å². The Hall–Kier alpha value is -2.10. The minimum atomic E-state index is -0.914. The number of aromatic nitrogens is 1. The average Bonchev–Trinajstić information content (AvgIpc) is 3.38. The average molecular weight is 296 g/mol. The van der Waals surface area contributed by atoms with E-state index in [1.54, 1.807) is 6.07 Å². The number of carboxylic acids is 1. The third-order valence-corrected chi connectivity index (χ3v) is 4.80. The second-order valence-electron chi connectivity index (χ2n) is 6.42. The lowest BCUT2D eigenvalue weighted by Gasteiger charge is -2.31. The van der Waals surface area contributed by atoms with Crippen LogP contribution >= 0.6 is 0 Å². The Bertz CT molecular complexity index is 731. The number of fused-ring (bicyclic) bond motifs is 1. The molecule has 4 nitrogen and oxygen atoms in total. The van der Waals surface area contributed by atoms with Crippen molar-refractivity contribution in [2.75, 3.05) is 18.0 Å². The second kappa shape index (κ2) is 5.27. The highest BCUT2D eigenvalue weighted by atomic mass is 16.4. The number of benzene rings is 1. The van der Waals surface area contributed by atoms with Crippen LogP contribution in [0.1, 0.15) is 53.9 Å². The quantitative estimate of drug-likeness (QED) is 0.936. The third-order valence-electron chi connectivity index (χ3n) is 4.80. The van der Waals surface area contributed by atoms with Crippen LogP contribution in [0.25, 0.3) is 10.9 Å². The van der Waals surface area contributed by atoms with E-state index in [4.69, 9.17) is 5.11 Å². The smallest absolute Gasteiger partial charge is 0.337 e. The molecule has 2 aromatic rings. The van der Waals surface area contributed by atoms with Crippen LogP contribution in [0.2, 0.25) is 0 Å². The van der Waals surface area contributed by atoms with Gasteiger partial charge < -0.3 is 10.0 Å².